The molecule has 0 aromatic carbocycles. The molecular weight excluding hydrogens is 418 g/mol. The summed E-state index contributed by atoms with van der Waals surface area (Å²) >= 11 is 6.90. The fraction of sp³-hybridized carbons (Fsp3) is 0.619. The fourth-order valence-electron chi connectivity index (χ4n) is 4.86. The van der Waals surface area contributed by atoms with E-state index in [1.165, 1.54) is 11.3 Å². The van der Waals surface area contributed by atoms with Gasteiger partial charge in [0, 0.05) is 38.1 Å². The van der Waals surface area contributed by atoms with Crippen LogP contribution in [0.1, 0.15) is 66.0 Å². The van der Waals surface area contributed by atoms with Crippen LogP contribution < -0.4 is 0 Å². The number of H-pyrrole nitrogens is 1. The fourth-order valence-corrected chi connectivity index (χ4v) is 5.84. The highest BCUT2D eigenvalue weighted by Crippen LogP contribution is 2.38. The summed E-state index contributed by atoms with van der Waals surface area (Å²) in [5.41, 5.74) is 0. The molecule has 2 aliphatic heterocycles. The Hall–Kier alpha value is -2.00. The van der Waals surface area contributed by atoms with Gasteiger partial charge in [-0.25, -0.2) is 0 Å². The van der Waals surface area contributed by atoms with E-state index in [9.17, 15) is 9.59 Å². The van der Waals surface area contributed by atoms with Crippen LogP contribution in [0, 0.1) is 10.7 Å². The predicted molar refractivity (Wildman–Crippen MR) is 117 cm³/mol. The van der Waals surface area contributed by atoms with Crippen LogP contribution in [0.4, 0.5) is 0 Å². The monoisotopic (exact) mass is 445 g/mol. The number of amides is 2. The van der Waals surface area contributed by atoms with E-state index < -0.39 is 0 Å². The average Bonchev–Trinajstić information content (AvgIpc) is 3.31. The molecule has 160 valence electrons. The molecule has 2 amide bonds. The second-order valence-electron chi connectivity index (χ2n) is 8.68. The zero-order chi connectivity index (χ0) is 20.7. The van der Waals surface area contributed by atoms with E-state index in [1.54, 1.807) is 0 Å². The van der Waals surface area contributed by atoms with Crippen LogP contribution >= 0.6 is 23.6 Å². The minimum atomic E-state index is -0.106. The van der Waals surface area contributed by atoms with Gasteiger partial charge in [-0.2, -0.15) is 5.10 Å². The van der Waals surface area contributed by atoms with Gasteiger partial charge in [-0.1, -0.05) is 6.07 Å². The summed E-state index contributed by atoms with van der Waals surface area (Å²) in [6, 6.07) is 4.24. The highest BCUT2D eigenvalue weighted by Gasteiger charge is 2.36. The third kappa shape index (κ3) is 3.85. The molecule has 30 heavy (non-hydrogen) atoms. The molecule has 3 aliphatic rings. The van der Waals surface area contributed by atoms with Crippen molar-refractivity contribution in [3.8, 4) is 0 Å². The molecule has 0 spiro atoms. The summed E-state index contributed by atoms with van der Waals surface area (Å²) in [7, 11) is 0. The van der Waals surface area contributed by atoms with E-state index in [2.05, 4.69) is 14.8 Å². The molecule has 1 aliphatic carbocycles. The number of rotatable bonds is 4. The van der Waals surface area contributed by atoms with Crippen LogP contribution in [-0.4, -0.2) is 62.6 Å². The van der Waals surface area contributed by atoms with Crippen molar-refractivity contribution in [3.63, 3.8) is 0 Å². The zero-order valence-electron chi connectivity index (χ0n) is 17.0. The maximum atomic E-state index is 13.4. The first-order valence-corrected chi connectivity index (χ1v) is 12.2. The van der Waals surface area contributed by atoms with E-state index in [0.717, 1.165) is 62.3 Å². The third-order valence-corrected chi connectivity index (χ3v) is 7.68. The van der Waals surface area contributed by atoms with Crippen molar-refractivity contribution in [2.45, 2.75) is 50.5 Å². The molecule has 0 bridgehead atoms. The topological polar surface area (TPSA) is 74.2 Å². The van der Waals surface area contributed by atoms with Crippen molar-refractivity contribution in [1.29, 1.82) is 0 Å². The van der Waals surface area contributed by atoms with Crippen LogP contribution in [0.15, 0.2) is 17.5 Å². The summed E-state index contributed by atoms with van der Waals surface area (Å²) < 4.78 is 2.88. The molecule has 5 rings (SSSR count). The molecule has 3 fully saturated rings. The molecule has 1 N–H and O–H groups in total. The van der Waals surface area contributed by atoms with Crippen molar-refractivity contribution in [1.82, 2.24) is 24.6 Å². The Labute approximate surface area is 185 Å². The van der Waals surface area contributed by atoms with Crippen LogP contribution in [0.25, 0.3) is 0 Å². The van der Waals surface area contributed by atoms with Crippen molar-refractivity contribution in [3.05, 3.63) is 33.0 Å². The molecule has 4 heterocycles. The number of likely N-dealkylation sites (tertiary alicyclic amines) is 2. The van der Waals surface area contributed by atoms with Crippen LogP contribution in [-0.2, 0) is 4.79 Å². The normalized spacial score (nSPS) is 24.8. The van der Waals surface area contributed by atoms with Crippen LogP contribution in [0.3, 0.4) is 0 Å². The van der Waals surface area contributed by atoms with Gasteiger partial charge in [0.2, 0.25) is 5.91 Å². The number of carbonyl (C=O) groups is 2. The smallest absolute Gasteiger partial charge is 0.263 e. The molecule has 2 atom stereocenters. The number of hydrogen-bond acceptors (Lipinski definition) is 5. The van der Waals surface area contributed by atoms with Gasteiger partial charge in [0.25, 0.3) is 5.91 Å². The molecule has 0 radical (unpaired) electrons. The number of nitrogens with one attached hydrogen (secondary N) is 1. The standard InChI is InChI=1S/C21H27N5O2S2/c27-19(15-5-2-10-25(13-15)20(28)17-6-3-11-30-17)24-9-1-4-14(12-24)18-22-23-21(29)26(18)16-7-8-16/h3,6,11,14-16H,1-2,4-5,7-10,12-13H2,(H,23,29). The molecule has 2 saturated heterocycles. The summed E-state index contributed by atoms with van der Waals surface area (Å²) in [6.07, 6.45) is 6.06. The summed E-state index contributed by atoms with van der Waals surface area (Å²) in [5.74, 6) is 1.38. The average molecular weight is 446 g/mol. The van der Waals surface area contributed by atoms with Gasteiger partial charge < -0.3 is 14.4 Å². The Morgan fingerprint density at radius 3 is 2.67 bits per heavy atom. The van der Waals surface area contributed by atoms with Crippen molar-refractivity contribution < 1.29 is 9.59 Å². The Morgan fingerprint density at radius 2 is 1.90 bits per heavy atom. The number of aromatic amines is 1. The highest BCUT2D eigenvalue weighted by atomic mass is 32.1. The van der Waals surface area contributed by atoms with Gasteiger partial charge >= 0.3 is 0 Å². The van der Waals surface area contributed by atoms with Gasteiger partial charge in [-0.3, -0.25) is 14.7 Å². The Morgan fingerprint density at radius 1 is 1.10 bits per heavy atom. The molecular formula is C21H27N5O2S2. The molecule has 2 unspecified atom stereocenters. The predicted octanol–water partition coefficient (Wildman–Crippen LogP) is 3.60. The van der Waals surface area contributed by atoms with E-state index in [1.807, 2.05) is 27.3 Å². The first kappa shape index (κ1) is 19.9. The lowest BCUT2D eigenvalue weighted by Crippen LogP contribution is -2.49. The van der Waals surface area contributed by atoms with E-state index in [-0.39, 0.29) is 23.7 Å². The summed E-state index contributed by atoms with van der Waals surface area (Å²) in [4.78, 5) is 30.7. The van der Waals surface area contributed by atoms with Gasteiger partial charge in [0.1, 0.15) is 5.82 Å². The van der Waals surface area contributed by atoms with E-state index in [4.69, 9.17) is 12.2 Å². The van der Waals surface area contributed by atoms with Crippen LogP contribution in [0.5, 0.6) is 0 Å². The Balaban J connectivity index is 1.27. The van der Waals surface area contributed by atoms with Gasteiger partial charge in [-0.15, -0.1) is 11.3 Å². The first-order chi connectivity index (χ1) is 14.6. The maximum Gasteiger partial charge on any atom is 0.263 e. The molecule has 2 aromatic heterocycles. The maximum absolute atomic E-state index is 13.4. The number of piperidine rings is 2. The molecule has 9 heteroatoms. The van der Waals surface area contributed by atoms with Crippen molar-refractivity contribution in [2.75, 3.05) is 26.2 Å². The minimum Gasteiger partial charge on any atom is -0.342 e. The number of hydrogen-bond donors (Lipinski definition) is 1. The SMILES string of the molecule is O=C(c1cccs1)N1CCCC(C(=O)N2CCCC(c3n[nH]c(=S)n3C3CC3)C2)C1. The summed E-state index contributed by atoms with van der Waals surface area (Å²) in [6.45, 7) is 2.75. The minimum absolute atomic E-state index is 0.0546. The van der Waals surface area contributed by atoms with E-state index >= 15 is 0 Å². The molecule has 1 saturated carbocycles. The van der Waals surface area contributed by atoms with Crippen molar-refractivity contribution in [2.24, 2.45) is 5.92 Å². The van der Waals surface area contributed by atoms with Gasteiger partial charge in [0.05, 0.1) is 10.8 Å². The Bertz CT molecular complexity index is 978. The number of carbonyl (C=O) groups excluding carboxylic acids is 2. The van der Waals surface area contributed by atoms with Crippen LogP contribution in [0.2, 0.25) is 0 Å². The number of nitrogens with zero attached hydrogens (tertiary/aromatic N) is 4. The zero-order valence-corrected chi connectivity index (χ0v) is 18.6. The molecule has 2 aromatic rings. The Kier molecular flexibility index (Phi) is 5.49. The third-order valence-electron chi connectivity index (χ3n) is 6.53. The number of aromatic nitrogens is 3. The lowest BCUT2D eigenvalue weighted by atomic mass is 9.92. The van der Waals surface area contributed by atoms with Gasteiger partial charge in [0.15, 0.2) is 4.77 Å². The summed E-state index contributed by atoms with van der Waals surface area (Å²) in [5, 5.41) is 9.41. The highest BCUT2D eigenvalue weighted by molar-refractivity contribution is 7.71. The first-order valence-electron chi connectivity index (χ1n) is 10.9. The number of thiophene rings is 1. The largest absolute Gasteiger partial charge is 0.342 e. The second-order valence-corrected chi connectivity index (χ2v) is 10.0. The van der Waals surface area contributed by atoms with E-state index in [0.29, 0.717) is 23.9 Å². The van der Waals surface area contributed by atoms with Crippen molar-refractivity contribution >= 4 is 35.4 Å². The lowest BCUT2D eigenvalue weighted by Gasteiger charge is -2.38. The quantitative estimate of drug-likeness (QED) is 0.730. The lowest BCUT2D eigenvalue weighted by molar-refractivity contribution is -0.138. The molecule has 7 nitrogen and oxygen atoms in total. The second kappa shape index (κ2) is 8.26. The van der Waals surface area contributed by atoms with Gasteiger partial charge in [-0.05, 0) is 62.2 Å².